The van der Waals surface area contributed by atoms with E-state index in [1.807, 2.05) is 9.80 Å². The smallest absolute Gasteiger partial charge is 0.416 e. The molecule has 1 fully saturated rings. The van der Waals surface area contributed by atoms with E-state index >= 15 is 0 Å². The SMILES string of the molecule is COc1cc(NC(=O)CN2CCN(CC(O)CNC(=O)c3ccccc3F)CC2)cc(C(F)(F)F)c1. The lowest BCUT2D eigenvalue weighted by atomic mass is 10.1. The van der Waals surface area contributed by atoms with Gasteiger partial charge in [0.05, 0.1) is 30.9 Å². The summed E-state index contributed by atoms with van der Waals surface area (Å²) in [5.41, 5.74) is -1.03. The molecule has 12 heteroatoms. The van der Waals surface area contributed by atoms with Crippen LogP contribution in [0.25, 0.3) is 0 Å². The topological polar surface area (TPSA) is 94.1 Å². The fourth-order valence-electron chi connectivity index (χ4n) is 3.80. The average Bonchev–Trinajstić information content (AvgIpc) is 2.83. The van der Waals surface area contributed by atoms with E-state index in [0.29, 0.717) is 26.2 Å². The predicted molar refractivity (Wildman–Crippen MR) is 124 cm³/mol. The number of anilines is 1. The van der Waals surface area contributed by atoms with E-state index in [1.54, 1.807) is 6.07 Å². The Labute approximate surface area is 205 Å². The molecule has 3 N–H and O–H groups in total. The number of methoxy groups -OCH3 is 1. The van der Waals surface area contributed by atoms with E-state index in [9.17, 15) is 32.3 Å². The van der Waals surface area contributed by atoms with Gasteiger partial charge in [-0.1, -0.05) is 12.1 Å². The minimum absolute atomic E-state index is 0.00630. The van der Waals surface area contributed by atoms with Crippen molar-refractivity contribution in [2.45, 2.75) is 12.3 Å². The van der Waals surface area contributed by atoms with E-state index in [-0.39, 0.29) is 36.6 Å². The molecule has 0 radical (unpaired) electrons. The maximum absolute atomic E-state index is 13.7. The molecule has 0 aromatic heterocycles. The quantitative estimate of drug-likeness (QED) is 0.446. The van der Waals surface area contributed by atoms with Crippen molar-refractivity contribution in [2.24, 2.45) is 0 Å². The van der Waals surface area contributed by atoms with Gasteiger partial charge in [0, 0.05) is 51.0 Å². The number of piperazine rings is 1. The van der Waals surface area contributed by atoms with E-state index in [4.69, 9.17) is 4.74 Å². The average molecular weight is 513 g/mol. The zero-order chi connectivity index (χ0) is 26.3. The number of amides is 2. The normalized spacial score (nSPS) is 15.8. The minimum Gasteiger partial charge on any atom is -0.497 e. The molecule has 0 aliphatic carbocycles. The van der Waals surface area contributed by atoms with Crippen LogP contribution in [0.2, 0.25) is 0 Å². The van der Waals surface area contributed by atoms with E-state index in [2.05, 4.69) is 10.6 Å². The first kappa shape index (κ1) is 27.4. The second-order valence-electron chi connectivity index (χ2n) is 8.42. The highest BCUT2D eigenvalue weighted by Crippen LogP contribution is 2.34. The number of aliphatic hydroxyl groups excluding tert-OH is 1. The molecule has 1 aliphatic rings. The summed E-state index contributed by atoms with van der Waals surface area (Å²) in [6.45, 7) is 2.33. The van der Waals surface area contributed by atoms with Gasteiger partial charge in [0.2, 0.25) is 5.91 Å². The van der Waals surface area contributed by atoms with Gasteiger partial charge in [-0.25, -0.2) is 4.39 Å². The summed E-state index contributed by atoms with van der Waals surface area (Å²) in [5, 5.41) is 15.2. The highest BCUT2D eigenvalue weighted by Gasteiger charge is 2.31. The molecule has 3 rings (SSSR count). The second kappa shape index (κ2) is 12.2. The molecule has 1 saturated heterocycles. The van der Waals surface area contributed by atoms with Gasteiger partial charge in [-0.3, -0.25) is 19.4 Å². The van der Waals surface area contributed by atoms with Crippen molar-refractivity contribution in [2.75, 3.05) is 58.2 Å². The summed E-state index contributed by atoms with van der Waals surface area (Å²) in [5.74, 6) is -1.73. The number of nitrogens with one attached hydrogen (secondary N) is 2. The number of rotatable bonds is 9. The number of hydrogen-bond donors (Lipinski definition) is 3. The molecule has 1 heterocycles. The number of β-amino-alcohol motifs (C(OH)–C–C–N with tert-alkyl or cyclic N) is 1. The maximum Gasteiger partial charge on any atom is 0.416 e. The van der Waals surface area contributed by atoms with Crippen molar-refractivity contribution >= 4 is 17.5 Å². The largest absolute Gasteiger partial charge is 0.497 e. The molecule has 2 aromatic rings. The fraction of sp³-hybridized carbons (Fsp3) is 0.417. The lowest BCUT2D eigenvalue weighted by Crippen LogP contribution is -2.51. The van der Waals surface area contributed by atoms with Crippen LogP contribution in [0, 0.1) is 5.82 Å². The molecule has 2 aromatic carbocycles. The molecule has 0 bridgehead atoms. The number of aliphatic hydroxyl groups is 1. The van der Waals surface area contributed by atoms with E-state index in [0.717, 1.165) is 12.1 Å². The second-order valence-corrected chi connectivity index (χ2v) is 8.42. The lowest BCUT2D eigenvalue weighted by molar-refractivity contribution is -0.137. The molecule has 0 saturated carbocycles. The van der Waals surface area contributed by atoms with Crippen molar-refractivity contribution < 1.29 is 37.0 Å². The Morgan fingerprint density at radius 3 is 2.39 bits per heavy atom. The summed E-state index contributed by atoms with van der Waals surface area (Å²) in [6, 6.07) is 8.59. The number of carbonyl (C=O) groups is 2. The van der Waals surface area contributed by atoms with Crippen LogP contribution < -0.4 is 15.4 Å². The van der Waals surface area contributed by atoms with Gasteiger partial charge in [-0.2, -0.15) is 13.2 Å². The Morgan fingerprint density at radius 2 is 1.75 bits per heavy atom. The Morgan fingerprint density at radius 1 is 1.08 bits per heavy atom. The third-order valence-electron chi connectivity index (χ3n) is 5.67. The first-order chi connectivity index (χ1) is 17.0. The summed E-state index contributed by atoms with van der Waals surface area (Å²) in [4.78, 5) is 28.3. The fourth-order valence-corrected chi connectivity index (χ4v) is 3.80. The molecule has 1 atom stereocenters. The molecule has 1 aliphatic heterocycles. The van der Waals surface area contributed by atoms with Crippen LogP contribution in [0.5, 0.6) is 5.75 Å². The number of benzene rings is 2. The summed E-state index contributed by atoms with van der Waals surface area (Å²) in [6.07, 6.45) is -5.44. The van der Waals surface area contributed by atoms with Crippen molar-refractivity contribution in [3.05, 3.63) is 59.4 Å². The van der Waals surface area contributed by atoms with Crippen molar-refractivity contribution in [3.8, 4) is 5.75 Å². The number of hydrogen-bond acceptors (Lipinski definition) is 6. The molecule has 1 unspecified atom stereocenters. The summed E-state index contributed by atoms with van der Waals surface area (Å²) in [7, 11) is 1.24. The van der Waals surface area contributed by atoms with Crippen LogP contribution in [0.15, 0.2) is 42.5 Å². The Bertz CT molecular complexity index is 1060. The third kappa shape index (κ3) is 7.90. The van der Waals surface area contributed by atoms with Crippen LogP contribution in [-0.2, 0) is 11.0 Å². The van der Waals surface area contributed by atoms with Crippen LogP contribution in [0.1, 0.15) is 15.9 Å². The van der Waals surface area contributed by atoms with Crippen molar-refractivity contribution in [1.82, 2.24) is 15.1 Å². The monoisotopic (exact) mass is 512 g/mol. The Hall–Kier alpha value is -3.22. The predicted octanol–water partition coefficient (Wildman–Crippen LogP) is 2.20. The number of halogens is 4. The lowest BCUT2D eigenvalue weighted by Gasteiger charge is -2.35. The van der Waals surface area contributed by atoms with E-state index < -0.39 is 35.5 Å². The minimum atomic E-state index is -4.57. The third-order valence-corrected chi connectivity index (χ3v) is 5.67. The number of carbonyl (C=O) groups excluding carboxylic acids is 2. The van der Waals surface area contributed by atoms with Crippen molar-refractivity contribution in [1.29, 1.82) is 0 Å². The number of ether oxygens (including phenoxy) is 1. The van der Waals surface area contributed by atoms with Gasteiger partial charge in [0.25, 0.3) is 5.91 Å². The zero-order valence-corrected chi connectivity index (χ0v) is 19.6. The number of alkyl halides is 3. The standard InChI is InChI=1S/C24H28F4N4O4/c1-36-19-11-16(24(26,27)28)10-17(12-19)30-22(34)15-32-8-6-31(7-9-32)14-18(33)13-29-23(35)20-4-2-3-5-21(20)25/h2-5,10-12,18,33H,6-9,13-15H2,1H3,(H,29,35)(H,30,34). The number of nitrogens with zero attached hydrogens (tertiary/aromatic N) is 2. The molecule has 2 amide bonds. The Kier molecular flexibility index (Phi) is 9.24. The summed E-state index contributed by atoms with van der Waals surface area (Å²) >= 11 is 0. The van der Waals surface area contributed by atoms with Gasteiger partial charge >= 0.3 is 6.18 Å². The van der Waals surface area contributed by atoms with Crippen molar-refractivity contribution in [3.63, 3.8) is 0 Å². The molecule has 196 valence electrons. The van der Waals surface area contributed by atoms with Gasteiger partial charge in [0.1, 0.15) is 11.6 Å². The van der Waals surface area contributed by atoms with Gasteiger partial charge in [-0.15, -0.1) is 0 Å². The first-order valence-electron chi connectivity index (χ1n) is 11.3. The van der Waals surface area contributed by atoms with Crippen LogP contribution >= 0.6 is 0 Å². The van der Waals surface area contributed by atoms with Crippen LogP contribution in [0.3, 0.4) is 0 Å². The molecule has 8 nitrogen and oxygen atoms in total. The first-order valence-corrected chi connectivity index (χ1v) is 11.3. The molecular formula is C24H28F4N4O4. The van der Waals surface area contributed by atoms with E-state index in [1.165, 1.54) is 31.4 Å². The van der Waals surface area contributed by atoms with Gasteiger partial charge in [0.15, 0.2) is 0 Å². The highest BCUT2D eigenvalue weighted by molar-refractivity contribution is 5.94. The van der Waals surface area contributed by atoms with Gasteiger partial charge < -0.3 is 20.5 Å². The molecule has 36 heavy (non-hydrogen) atoms. The maximum atomic E-state index is 13.7. The highest BCUT2D eigenvalue weighted by atomic mass is 19.4. The zero-order valence-electron chi connectivity index (χ0n) is 19.6. The van der Waals surface area contributed by atoms with Gasteiger partial charge in [-0.05, 0) is 24.3 Å². The van der Waals surface area contributed by atoms with Crippen LogP contribution in [0.4, 0.5) is 23.2 Å². The molecule has 0 spiro atoms. The Balaban J connectivity index is 1.41. The van der Waals surface area contributed by atoms with Crippen LogP contribution in [-0.4, -0.2) is 85.7 Å². The molecular weight excluding hydrogens is 484 g/mol. The summed E-state index contributed by atoms with van der Waals surface area (Å²) < 4.78 is 57.8.